The summed E-state index contributed by atoms with van der Waals surface area (Å²) in [5.74, 6) is 0. The monoisotopic (exact) mass is 288 g/mol. The lowest BCUT2D eigenvalue weighted by Crippen LogP contribution is -2.48. The molecule has 0 spiro atoms. The van der Waals surface area contributed by atoms with Crippen LogP contribution in [0.2, 0.25) is 0 Å². The van der Waals surface area contributed by atoms with Crippen molar-refractivity contribution in [2.75, 3.05) is 13.6 Å². The van der Waals surface area contributed by atoms with Gasteiger partial charge in [0.25, 0.3) is 0 Å². The van der Waals surface area contributed by atoms with Gasteiger partial charge < -0.3 is 10.6 Å². The third-order valence-corrected chi connectivity index (χ3v) is 2.86. The van der Waals surface area contributed by atoms with Gasteiger partial charge in [-0.2, -0.15) is 0 Å². The molecule has 0 aromatic heterocycles. The Bertz CT molecular complexity index is 349. The van der Waals surface area contributed by atoms with Crippen molar-refractivity contribution >= 4 is 39.5 Å². The summed E-state index contributed by atoms with van der Waals surface area (Å²) in [7, 11) is 1.53. The van der Waals surface area contributed by atoms with Gasteiger partial charge in [-0.3, -0.25) is 10.3 Å². The summed E-state index contributed by atoms with van der Waals surface area (Å²) in [5.41, 5.74) is -0.335. The van der Waals surface area contributed by atoms with E-state index in [2.05, 4.69) is 17.2 Å². The van der Waals surface area contributed by atoms with Gasteiger partial charge in [-0.15, -0.1) is 6.58 Å². The van der Waals surface area contributed by atoms with E-state index in [0.29, 0.717) is 10.9 Å². The van der Waals surface area contributed by atoms with E-state index in [1.165, 1.54) is 11.9 Å². The number of carbonyl (C=O) groups is 1. The molecule has 0 heterocycles. The van der Waals surface area contributed by atoms with Crippen molar-refractivity contribution < 1.29 is 4.79 Å². The first kappa shape index (κ1) is 16.9. The lowest BCUT2D eigenvalue weighted by atomic mass is 10.1. The first-order valence-corrected chi connectivity index (χ1v) is 6.61. The van der Waals surface area contributed by atoms with E-state index in [0.717, 1.165) is 11.8 Å². The van der Waals surface area contributed by atoms with Gasteiger partial charge in [-0.05, 0) is 32.5 Å². The van der Waals surface area contributed by atoms with Gasteiger partial charge in [0.05, 0.1) is 0 Å². The maximum atomic E-state index is 11.8. The topological polar surface area (TPSA) is 68.2 Å². The van der Waals surface area contributed by atoms with Crippen LogP contribution in [-0.4, -0.2) is 39.6 Å². The molecule has 102 valence electrons. The van der Waals surface area contributed by atoms with Gasteiger partial charge in [0, 0.05) is 19.1 Å². The van der Waals surface area contributed by atoms with Gasteiger partial charge >= 0.3 is 6.03 Å². The number of amides is 2. The second-order valence-corrected chi connectivity index (χ2v) is 6.27. The van der Waals surface area contributed by atoms with Crippen LogP contribution in [0.5, 0.6) is 0 Å². The van der Waals surface area contributed by atoms with Gasteiger partial charge in [0.2, 0.25) is 0 Å². The number of carbonyl (C=O) groups excluding carboxylic acids is 1. The number of nitrogens with zero attached hydrogens (tertiary/aromatic N) is 1. The summed E-state index contributed by atoms with van der Waals surface area (Å²) in [5, 5.41) is 13.5. The van der Waals surface area contributed by atoms with Gasteiger partial charge in [0.1, 0.15) is 4.32 Å². The normalized spacial score (nSPS) is 10.4. The molecule has 2 amide bonds. The Morgan fingerprint density at radius 1 is 1.56 bits per heavy atom. The zero-order chi connectivity index (χ0) is 14.3. The second-order valence-electron chi connectivity index (χ2n) is 4.60. The highest BCUT2D eigenvalue weighted by molar-refractivity contribution is 8.32. The van der Waals surface area contributed by atoms with Crippen LogP contribution in [0.1, 0.15) is 20.8 Å². The zero-order valence-corrected chi connectivity index (χ0v) is 12.8. The number of rotatable bonds is 2. The van der Waals surface area contributed by atoms with Crippen LogP contribution in [-0.2, 0) is 0 Å². The molecule has 0 unspecified atom stereocenters. The smallest absolute Gasteiger partial charge is 0.323 e. The van der Waals surface area contributed by atoms with Crippen molar-refractivity contribution in [2.45, 2.75) is 26.3 Å². The van der Waals surface area contributed by atoms with Crippen LogP contribution in [0, 0.1) is 5.41 Å². The van der Waals surface area contributed by atoms with Crippen LogP contribution >= 0.6 is 24.0 Å². The Morgan fingerprint density at radius 2 is 2.11 bits per heavy atom. The molecule has 0 rings (SSSR count). The fraction of sp³-hybridized carbons (Fsp3) is 0.545. The van der Waals surface area contributed by atoms with E-state index >= 15 is 0 Å². The molecule has 0 atom stereocenters. The van der Waals surface area contributed by atoms with Crippen LogP contribution < -0.4 is 10.6 Å². The summed E-state index contributed by atoms with van der Waals surface area (Å²) in [6, 6.07) is -0.327. The summed E-state index contributed by atoms with van der Waals surface area (Å²) in [6.45, 7) is 9.74. The fourth-order valence-corrected chi connectivity index (χ4v) is 1.72. The lowest BCUT2D eigenvalue weighted by Gasteiger charge is -2.25. The number of amidine groups is 1. The second kappa shape index (κ2) is 7.38. The number of hydrogen-bond donors (Lipinski definition) is 3. The molecule has 0 aliphatic rings. The van der Waals surface area contributed by atoms with Crippen molar-refractivity contribution in [1.82, 2.24) is 15.5 Å². The van der Waals surface area contributed by atoms with Crippen molar-refractivity contribution in [2.24, 2.45) is 0 Å². The standard InChI is InChI=1S/C11H20N4OS2/c1-6-7-13-10(17)18-8(12)15(5)9(16)14-11(2,3)4/h6,12H,1,7H2,2-5H3,(H,13,17)(H,14,16). The van der Waals surface area contributed by atoms with Crippen molar-refractivity contribution in [3.63, 3.8) is 0 Å². The number of urea groups is 1. The minimum absolute atomic E-state index is 0.0679. The Labute approximate surface area is 118 Å². The Morgan fingerprint density at radius 3 is 2.56 bits per heavy atom. The molecule has 0 bridgehead atoms. The predicted octanol–water partition coefficient (Wildman–Crippen LogP) is 2.15. The first-order valence-electron chi connectivity index (χ1n) is 5.38. The Kier molecular flexibility index (Phi) is 6.93. The molecule has 18 heavy (non-hydrogen) atoms. The molecule has 3 N–H and O–H groups in total. The molecule has 7 heteroatoms. The van der Waals surface area contributed by atoms with Gasteiger partial charge in [-0.1, -0.05) is 18.3 Å². The molecular formula is C11H20N4OS2. The van der Waals surface area contributed by atoms with Crippen molar-refractivity contribution in [3.8, 4) is 0 Å². The average Bonchev–Trinajstić information content (AvgIpc) is 2.22. The van der Waals surface area contributed by atoms with Crippen molar-refractivity contribution in [3.05, 3.63) is 12.7 Å². The van der Waals surface area contributed by atoms with E-state index in [1.807, 2.05) is 20.8 Å². The average molecular weight is 288 g/mol. The molecular weight excluding hydrogens is 268 g/mol. The highest BCUT2D eigenvalue weighted by atomic mass is 32.2. The van der Waals surface area contributed by atoms with E-state index < -0.39 is 0 Å². The van der Waals surface area contributed by atoms with Crippen LogP contribution in [0.25, 0.3) is 0 Å². The molecule has 0 aliphatic heterocycles. The number of hydrogen-bond acceptors (Lipinski definition) is 4. The Hall–Kier alpha value is -1.08. The minimum Gasteiger partial charge on any atom is -0.367 e. The highest BCUT2D eigenvalue weighted by Gasteiger charge is 2.20. The summed E-state index contributed by atoms with van der Waals surface area (Å²) < 4.78 is 0.440. The van der Waals surface area contributed by atoms with E-state index in [9.17, 15) is 4.79 Å². The lowest BCUT2D eigenvalue weighted by molar-refractivity contribution is 0.217. The number of thioether (sulfide) groups is 1. The van der Waals surface area contributed by atoms with Crippen LogP contribution in [0.4, 0.5) is 4.79 Å². The third kappa shape index (κ3) is 7.29. The summed E-state index contributed by atoms with van der Waals surface area (Å²) in [4.78, 5) is 13.0. The van der Waals surface area contributed by atoms with E-state index in [1.54, 1.807) is 6.08 Å². The molecule has 0 fully saturated rings. The predicted molar refractivity (Wildman–Crippen MR) is 82.2 cm³/mol. The molecule has 5 nitrogen and oxygen atoms in total. The third-order valence-electron chi connectivity index (χ3n) is 1.67. The highest BCUT2D eigenvalue weighted by Crippen LogP contribution is 2.09. The van der Waals surface area contributed by atoms with Crippen LogP contribution in [0.3, 0.4) is 0 Å². The van der Waals surface area contributed by atoms with Crippen molar-refractivity contribution in [1.29, 1.82) is 5.41 Å². The largest absolute Gasteiger partial charge is 0.367 e. The molecule has 0 saturated heterocycles. The van der Waals surface area contributed by atoms with Gasteiger partial charge in [0.15, 0.2) is 5.17 Å². The minimum atomic E-state index is -0.335. The SMILES string of the molecule is C=CCNC(=S)SC(=N)N(C)C(=O)NC(C)(C)C. The first-order chi connectivity index (χ1) is 8.17. The number of thiocarbonyl (C=S) groups is 1. The van der Waals surface area contributed by atoms with E-state index in [4.69, 9.17) is 17.6 Å². The molecule has 0 saturated carbocycles. The molecule has 0 radical (unpaired) electrons. The van der Waals surface area contributed by atoms with Crippen LogP contribution in [0.15, 0.2) is 12.7 Å². The van der Waals surface area contributed by atoms with Gasteiger partial charge in [-0.25, -0.2) is 4.79 Å². The zero-order valence-electron chi connectivity index (χ0n) is 11.2. The molecule has 0 aromatic rings. The van der Waals surface area contributed by atoms with E-state index in [-0.39, 0.29) is 16.7 Å². The summed E-state index contributed by atoms with van der Waals surface area (Å²) in [6.07, 6.45) is 1.67. The summed E-state index contributed by atoms with van der Waals surface area (Å²) >= 11 is 6.04. The maximum absolute atomic E-state index is 11.8. The maximum Gasteiger partial charge on any atom is 0.323 e. The number of nitrogens with one attached hydrogen (secondary N) is 3. The molecule has 0 aromatic carbocycles. The quantitative estimate of drug-likeness (QED) is 0.315. The Balaban J connectivity index is 4.29. The fourth-order valence-electron chi connectivity index (χ4n) is 0.845. The molecule has 0 aliphatic carbocycles.